The number of carbonyl (C=O) groups is 1. The van der Waals surface area contributed by atoms with Gasteiger partial charge >= 0.3 is 5.97 Å². The molecule has 1 unspecified atom stereocenters. The van der Waals surface area contributed by atoms with Crippen molar-refractivity contribution in [2.45, 2.75) is 148 Å². The van der Waals surface area contributed by atoms with Crippen LogP contribution in [0.3, 0.4) is 0 Å². The average Bonchev–Trinajstić information content (AvgIpc) is 3.17. The highest BCUT2D eigenvalue weighted by molar-refractivity contribution is 6.74. The molecule has 1 aliphatic carbocycles. The van der Waals surface area contributed by atoms with E-state index in [1.165, 1.54) is 19.3 Å². The monoisotopic (exact) mass is 542 g/mol. The van der Waals surface area contributed by atoms with Gasteiger partial charge in [-0.15, -0.1) is 0 Å². The summed E-state index contributed by atoms with van der Waals surface area (Å²) >= 11 is 0. The van der Waals surface area contributed by atoms with Gasteiger partial charge in [-0.1, -0.05) is 86.8 Å². The van der Waals surface area contributed by atoms with Gasteiger partial charge in [-0.25, -0.2) is 9.18 Å². The molecule has 2 aliphatic rings. The lowest BCUT2D eigenvalue weighted by Gasteiger charge is -2.40. The molecule has 1 aliphatic heterocycles. The molecule has 7 heteroatoms. The smallest absolute Gasteiger partial charge is 0.341 e. The van der Waals surface area contributed by atoms with E-state index in [1.807, 2.05) is 0 Å². The van der Waals surface area contributed by atoms with E-state index in [0.29, 0.717) is 12.3 Å². The third-order valence-electron chi connectivity index (χ3n) is 9.34. The molecule has 36 heavy (non-hydrogen) atoms. The SMILES string of the molecule is CCCC[C@H](C)C[C@@H](C=C[C@@H]1[C@H]2C(F)C(=O)O[C@H]2C[C@H]1O[Si](C)(C)C(C)(C)C)O[Si](C)(C)C(C)(C)C. The van der Waals surface area contributed by atoms with Crippen molar-refractivity contribution in [1.82, 2.24) is 0 Å². The van der Waals surface area contributed by atoms with Crippen molar-refractivity contribution in [3.63, 3.8) is 0 Å². The van der Waals surface area contributed by atoms with Crippen molar-refractivity contribution in [3.05, 3.63) is 12.2 Å². The van der Waals surface area contributed by atoms with Gasteiger partial charge in [0.1, 0.15) is 6.10 Å². The Labute approximate surface area is 223 Å². The van der Waals surface area contributed by atoms with Gasteiger partial charge in [0.15, 0.2) is 16.6 Å². The fourth-order valence-corrected chi connectivity index (χ4v) is 7.54. The van der Waals surface area contributed by atoms with Gasteiger partial charge in [0.2, 0.25) is 6.17 Å². The third-order valence-corrected chi connectivity index (χ3v) is 18.3. The summed E-state index contributed by atoms with van der Waals surface area (Å²) in [6, 6.07) is 0. The van der Waals surface area contributed by atoms with E-state index >= 15 is 4.39 Å². The first-order valence-corrected chi connectivity index (χ1v) is 20.0. The molecule has 2 fully saturated rings. The Balaban J connectivity index is 2.35. The Hall–Kier alpha value is -0.506. The molecule has 7 atom stereocenters. The zero-order chi connectivity index (χ0) is 27.7. The third kappa shape index (κ3) is 7.54. The molecule has 0 bridgehead atoms. The van der Waals surface area contributed by atoms with Crippen LogP contribution in [-0.4, -0.2) is 47.1 Å². The van der Waals surface area contributed by atoms with E-state index in [9.17, 15) is 4.79 Å². The molecular weight excluding hydrogens is 487 g/mol. The number of ether oxygens (including phenoxy) is 1. The number of rotatable bonds is 11. The van der Waals surface area contributed by atoms with Crippen molar-refractivity contribution in [1.29, 1.82) is 0 Å². The minimum Gasteiger partial charge on any atom is -0.460 e. The predicted octanol–water partition coefficient (Wildman–Crippen LogP) is 8.44. The molecule has 1 saturated carbocycles. The normalized spacial score (nSPS) is 29.5. The first kappa shape index (κ1) is 31.7. The average molecular weight is 543 g/mol. The minimum absolute atomic E-state index is 0.0265. The van der Waals surface area contributed by atoms with Gasteiger partial charge in [-0.05, 0) is 48.6 Å². The zero-order valence-corrected chi connectivity index (χ0v) is 27.2. The number of unbranched alkanes of at least 4 members (excludes halogenated alkanes) is 1. The summed E-state index contributed by atoms with van der Waals surface area (Å²) < 4.78 is 34.3. The lowest BCUT2D eigenvalue weighted by molar-refractivity contribution is -0.145. The van der Waals surface area contributed by atoms with Crippen LogP contribution in [0, 0.1) is 17.8 Å². The molecule has 210 valence electrons. The first-order chi connectivity index (χ1) is 16.3. The molecule has 4 nitrogen and oxygen atoms in total. The van der Waals surface area contributed by atoms with Gasteiger partial charge < -0.3 is 13.6 Å². The Bertz CT molecular complexity index is 768. The highest BCUT2D eigenvalue weighted by atomic mass is 28.4. The van der Waals surface area contributed by atoms with Crippen LogP contribution in [0.25, 0.3) is 0 Å². The Kier molecular flexibility index (Phi) is 10.3. The molecule has 1 heterocycles. The first-order valence-electron chi connectivity index (χ1n) is 14.2. The largest absolute Gasteiger partial charge is 0.460 e. The quantitative estimate of drug-likeness (QED) is 0.149. The molecule has 0 radical (unpaired) electrons. The van der Waals surface area contributed by atoms with Crippen LogP contribution < -0.4 is 0 Å². The number of carbonyl (C=O) groups excluding carboxylic acids is 1. The van der Waals surface area contributed by atoms with Crippen LogP contribution in [0.1, 0.15) is 87.5 Å². The van der Waals surface area contributed by atoms with Crippen LogP contribution in [0.4, 0.5) is 4.39 Å². The molecule has 0 amide bonds. The second-order valence-electron chi connectivity index (χ2n) is 14.5. The fraction of sp³-hybridized carbons (Fsp3) is 0.897. The summed E-state index contributed by atoms with van der Waals surface area (Å²) in [6.07, 6.45) is 7.26. The van der Waals surface area contributed by atoms with E-state index in [1.54, 1.807) is 0 Å². The number of hydrogen-bond acceptors (Lipinski definition) is 4. The predicted molar refractivity (Wildman–Crippen MR) is 153 cm³/mol. The molecule has 1 saturated heterocycles. The molecule has 0 spiro atoms. The molecule has 0 N–H and O–H groups in total. The number of alkyl halides is 1. The van der Waals surface area contributed by atoms with Crippen molar-refractivity contribution in [2.24, 2.45) is 17.8 Å². The van der Waals surface area contributed by atoms with Crippen molar-refractivity contribution < 1.29 is 22.8 Å². The molecule has 2 rings (SSSR count). The van der Waals surface area contributed by atoms with Crippen LogP contribution in [0.15, 0.2) is 12.2 Å². The van der Waals surface area contributed by atoms with E-state index < -0.39 is 40.8 Å². The number of halogens is 1. The van der Waals surface area contributed by atoms with Crippen molar-refractivity contribution >= 4 is 22.6 Å². The van der Waals surface area contributed by atoms with Gasteiger partial charge in [-0.2, -0.15) is 0 Å². The van der Waals surface area contributed by atoms with Crippen molar-refractivity contribution in [3.8, 4) is 0 Å². The Morgan fingerprint density at radius 3 is 2.19 bits per heavy atom. The van der Waals surface area contributed by atoms with Crippen LogP contribution >= 0.6 is 0 Å². The maximum atomic E-state index is 15.1. The second-order valence-corrected chi connectivity index (χ2v) is 24.0. The maximum absolute atomic E-state index is 15.1. The van der Waals surface area contributed by atoms with E-state index in [2.05, 4.69) is 93.7 Å². The summed E-state index contributed by atoms with van der Waals surface area (Å²) in [4.78, 5) is 12.1. The van der Waals surface area contributed by atoms with E-state index in [4.69, 9.17) is 13.6 Å². The topological polar surface area (TPSA) is 44.8 Å². The highest BCUT2D eigenvalue weighted by Crippen LogP contribution is 2.48. The summed E-state index contributed by atoms with van der Waals surface area (Å²) in [5, 5.41) is 0.154. The molecule has 0 aromatic heterocycles. The van der Waals surface area contributed by atoms with Crippen LogP contribution in [0.5, 0.6) is 0 Å². The highest BCUT2D eigenvalue weighted by Gasteiger charge is 2.57. The van der Waals surface area contributed by atoms with E-state index in [-0.39, 0.29) is 28.2 Å². The molecule has 0 aromatic rings. The van der Waals surface area contributed by atoms with E-state index in [0.717, 1.165) is 6.42 Å². The standard InChI is InChI=1S/C29H55FO4Si2/c1-13-14-15-20(2)18-21(33-35(9,10)28(3,4)5)16-17-22-23(34-36(11,12)29(6,7)8)19-24-25(22)26(30)27(31)32-24/h16-17,20-26H,13-15,18-19H2,1-12H3/t20-,21+,22-,23+,24-,25+,26?/m0/s1. The summed E-state index contributed by atoms with van der Waals surface area (Å²) in [5.74, 6) is -0.835. The zero-order valence-electron chi connectivity index (χ0n) is 25.2. The van der Waals surface area contributed by atoms with Crippen LogP contribution in [-0.2, 0) is 18.4 Å². The lowest BCUT2D eigenvalue weighted by Crippen LogP contribution is -2.45. The fourth-order valence-electron chi connectivity index (χ4n) is 4.90. The Morgan fingerprint density at radius 2 is 1.67 bits per heavy atom. The lowest BCUT2D eigenvalue weighted by atomic mass is 9.89. The molecule has 0 aromatic carbocycles. The van der Waals surface area contributed by atoms with Crippen LogP contribution in [0.2, 0.25) is 36.3 Å². The number of esters is 1. The maximum Gasteiger partial charge on any atom is 0.341 e. The summed E-state index contributed by atoms with van der Waals surface area (Å²) in [5.41, 5.74) is 0. The van der Waals surface area contributed by atoms with Crippen molar-refractivity contribution in [2.75, 3.05) is 0 Å². The Morgan fingerprint density at radius 1 is 1.08 bits per heavy atom. The minimum atomic E-state index is -2.08. The summed E-state index contributed by atoms with van der Waals surface area (Å²) in [6.45, 7) is 27.0. The number of fused-ring (bicyclic) bond motifs is 1. The number of hydrogen-bond donors (Lipinski definition) is 0. The van der Waals surface area contributed by atoms with Gasteiger partial charge in [0, 0.05) is 18.3 Å². The summed E-state index contributed by atoms with van der Waals surface area (Å²) in [7, 11) is -4.08. The van der Waals surface area contributed by atoms with Gasteiger partial charge in [0.05, 0.1) is 12.2 Å². The van der Waals surface area contributed by atoms with Gasteiger partial charge in [-0.3, -0.25) is 0 Å². The second kappa shape index (κ2) is 11.7. The molecular formula is C29H55FO4Si2. The van der Waals surface area contributed by atoms with Gasteiger partial charge in [0.25, 0.3) is 0 Å².